The maximum absolute atomic E-state index is 11.9. The SMILES string of the molecule is NCCCC1CCN(C(=O)C2CCC2)C1. The Hall–Kier alpha value is -0.570. The number of carbonyl (C=O) groups excluding carboxylic acids is 1. The number of rotatable bonds is 4. The summed E-state index contributed by atoms with van der Waals surface area (Å²) in [6.07, 6.45) is 7.01. The molecule has 1 saturated carbocycles. The van der Waals surface area contributed by atoms with Gasteiger partial charge >= 0.3 is 0 Å². The molecule has 1 atom stereocenters. The van der Waals surface area contributed by atoms with Crippen molar-refractivity contribution in [3.63, 3.8) is 0 Å². The summed E-state index contributed by atoms with van der Waals surface area (Å²) in [5.74, 6) is 1.52. The van der Waals surface area contributed by atoms with Crippen LogP contribution in [-0.4, -0.2) is 30.4 Å². The lowest BCUT2D eigenvalue weighted by Crippen LogP contribution is -2.37. The van der Waals surface area contributed by atoms with Gasteiger partial charge in [-0.25, -0.2) is 0 Å². The van der Waals surface area contributed by atoms with Crippen molar-refractivity contribution in [1.82, 2.24) is 4.90 Å². The smallest absolute Gasteiger partial charge is 0.225 e. The molecule has 0 spiro atoms. The fraction of sp³-hybridized carbons (Fsp3) is 0.917. The van der Waals surface area contributed by atoms with Crippen LogP contribution >= 0.6 is 0 Å². The zero-order valence-electron chi connectivity index (χ0n) is 9.45. The zero-order chi connectivity index (χ0) is 10.7. The number of likely N-dealkylation sites (tertiary alicyclic amines) is 1. The van der Waals surface area contributed by atoms with Gasteiger partial charge in [-0.05, 0) is 44.6 Å². The third-order valence-electron chi connectivity index (χ3n) is 3.87. The second kappa shape index (κ2) is 4.97. The van der Waals surface area contributed by atoms with Crippen molar-refractivity contribution >= 4 is 5.91 Å². The molecule has 15 heavy (non-hydrogen) atoms. The van der Waals surface area contributed by atoms with Gasteiger partial charge in [0.05, 0.1) is 0 Å². The van der Waals surface area contributed by atoms with Crippen molar-refractivity contribution in [2.24, 2.45) is 17.6 Å². The lowest BCUT2D eigenvalue weighted by atomic mass is 9.84. The number of nitrogens with zero attached hydrogens (tertiary/aromatic N) is 1. The Balaban J connectivity index is 1.73. The summed E-state index contributed by atoms with van der Waals surface area (Å²) in [6.45, 7) is 2.77. The maximum Gasteiger partial charge on any atom is 0.225 e. The number of hydrogen-bond acceptors (Lipinski definition) is 2. The van der Waals surface area contributed by atoms with E-state index in [4.69, 9.17) is 5.73 Å². The van der Waals surface area contributed by atoms with E-state index in [1.807, 2.05) is 0 Å². The van der Waals surface area contributed by atoms with Crippen molar-refractivity contribution in [2.75, 3.05) is 19.6 Å². The van der Waals surface area contributed by atoms with Gasteiger partial charge in [0.2, 0.25) is 5.91 Å². The van der Waals surface area contributed by atoms with Gasteiger partial charge < -0.3 is 10.6 Å². The first-order chi connectivity index (χ1) is 7.31. The molecular formula is C12H22N2O. The topological polar surface area (TPSA) is 46.3 Å². The van der Waals surface area contributed by atoms with E-state index in [2.05, 4.69) is 4.90 Å². The molecule has 0 aromatic carbocycles. The fourth-order valence-corrected chi connectivity index (χ4v) is 2.59. The van der Waals surface area contributed by atoms with Gasteiger partial charge in [-0.3, -0.25) is 4.79 Å². The van der Waals surface area contributed by atoms with E-state index < -0.39 is 0 Å². The highest BCUT2D eigenvalue weighted by Gasteiger charge is 2.33. The predicted molar refractivity (Wildman–Crippen MR) is 60.3 cm³/mol. The summed E-state index contributed by atoms with van der Waals surface area (Å²) in [7, 11) is 0. The number of hydrogen-bond donors (Lipinski definition) is 1. The van der Waals surface area contributed by atoms with Gasteiger partial charge in [-0.15, -0.1) is 0 Å². The molecule has 1 amide bonds. The number of amides is 1. The summed E-state index contributed by atoms with van der Waals surface area (Å²) >= 11 is 0. The van der Waals surface area contributed by atoms with Crippen molar-refractivity contribution in [1.29, 1.82) is 0 Å². The minimum atomic E-state index is 0.373. The van der Waals surface area contributed by atoms with Gasteiger partial charge in [0, 0.05) is 19.0 Å². The Morgan fingerprint density at radius 2 is 2.13 bits per heavy atom. The summed E-state index contributed by atoms with van der Waals surface area (Å²) in [5.41, 5.74) is 5.50. The highest BCUT2D eigenvalue weighted by atomic mass is 16.2. The van der Waals surface area contributed by atoms with Crippen molar-refractivity contribution in [2.45, 2.75) is 38.5 Å². The second-order valence-electron chi connectivity index (χ2n) is 5.00. The standard InChI is InChI=1S/C12H22N2O/c13-7-2-3-10-6-8-14(9-10)12(15)11-4-1-5-11/h10-11H,1-9,13H2. The molecule has 2 N–H and O–H groups in total. The van der Waals surface area contributed by atoms with Crippen LogP contribution < -0.4 is 5.73 Å². The van der Waals surface area contributed by atoms with Crippen molar-refractivity contribution in [3.05, 3.63) is 0 Å². The van der Waals surface area contributed by atoms with Gasteiger partial charge in [-0.1, -0.05) is 6.42 Å². The molecule has 1 aliphatic carbocycles. The first-order valence-corrected chi connectivity index (χ1v) is 6.30. The van der Waals surface area contributed by atoms with Crippen LogP contribution in [0.1, 0.15) is 38.5 Å². The fourth-order valence-electron chi connectivity index (χ4n) is 2.59. The molecule has 3 nitrogen and oxygen atoms in total. The van der Waals surface area contributed by atoms with E-state index in [0.717, 1.165) is 44.8 Å². The van der Waals surface area contributed by atoms with E-state index in [9.17, 15) is 4.79 Å². The van der Waals surface area contributed by atoms with E-state index in [1.54, 1.807) is 0 Å². The first-order valence-electron chi connectivity index (χ1n) is 6.30. The van der Waals surface area contributed by atoms with Crippen LogP contribution in [0.5, 0.6) is 0 Å². The Morgan fingerprint density at radius 3 is 2.73 bits per heavy atom. The molecule has 0 radical (unpaired) electrons. The van der Waals surface area contributed by atoms with Gasteiger partial charge in [0.1, 0.15) is 0 Å². The average Bonchev–Trinajstić information content (AvgIpc) is 2.60. The molecular weight excluding hydrogens is 188 g/mol. The third-order valence-corrected chi connectivity index (χ3v) is 3.87. The zero-order valence-corrected chi connectivity index (χ0v) is 9.45. The molecule has 1 unspecified atom stereocenters. The maximum atomic E-state index is 11.9. The number of carbonyl (C=O) groups is 1. The molecule has 0 aromatic rings. The molecule has 1 saturated heterocycles. The molecule has 1 heterocycles. The van der Waals surface area contributed by atoms with E-state index in [-0.39, 0.29) is 0 Å². The van der Waals surface area contributed by atoms with Gasteiger partial charge in [-0.2, -0.15) is 0 Å². The Kier molecular flexibility index (Phi) is 3.62. The predicted octanol–water partition coefficient (Wildman–Crippen LogP) is 1.37. The lowest BCUT2D eigenvalue weighted by Gasteiger charge is -2.29. The number of nitrogens with two attached hydrogens (primary N) is 1. The van der Waals surface area contributed by atoms with Crippen molar-refractivity contribution in [3.8, 4) is 0 Å². The van der Waals surface area contributed by atoms with E-state index in [0.29, 0.717) is 11.8 Å². The first kappa shape index (κ1) is 10.9. The molecule has 0 bridgehead atoms. The van der Waals surface area contributed by atoms with Crippen LogP contribution in [0.4, 0.5) is 0 Å². The minimum absolute atomic E-state index is 0.373. The monoisotopic (exact) mass is 210 g/mol. The average molecular weight is 210 g/mol. The largest absolute Gasteiger partial charge is 0.342 e. The summed E-state index contributed by atoms with van der Waals surface area (Å²) in [4.78, 5) is 14.0. The second-order valence-corrected chi connectivity index (χ2v) is 5.00. The Bertz CT molecular complexity index is 226. The Labute approximate surface area is 92.0 Å². The van der Waals surface area contributed by atoms with Crippen LogP contribution in [-0.2, 0) is 4.79 Å². The van der Waals surface area contributed by atoms with Gasteiger partial charge in [0.15, 0.2) is 0 Å². The lowest BCUT2D eigenvalue weighted by molar-refractivity contribution is -0.137. The van der Waals surface area contributed by atoms with Crippen LogP contribution in [0.2, 0.25) is 0 Å². The molecule has 2 rings (SSSR count). The molecule has 86 valence electrons. The molecule has 0 aromatic heterocycles. The van der Waals surface area contributed by atoms with Crippen LogP contribution in [0.25, 0.3) is 0 Å². The highest BCUT2D eigenvalue weighted by molar-refractivity contribution is 5.79. The summed E-state index contributed by atoms with van der Waals surface area (Å²) in [5, 5.41) is 0. The van der Waals surface area contributed by atoms with E-state index in [1.165, 1.54) is 19.3 Å². The highest BCUT2D eigenvalue weighted by Crippen LogP contribution is 2.31. The van der Waals surface area contributed by atoms with Crippen molar-refractivity contribution < 1.29 is 4.79 Å². The van der Waals surface area contributed by atoms with Crippen LogP contribution in [0.15, 0.2) is 0 Å². The van der Waals surface area contributed by atoms with E-state index >= 15 is 0 Å². The van der Waals surface area contributed by atoms with Crippen LogP contribution in [0.3, 0.4) is 0 Å². The summed E-state index contributed by atoms with van der Waals surface area (Å²) in [6, 6.07) is 0. The normalized spacial score (nSPS) is 26.7. The van der Waals surface area contributed by atoms with Crippen LogP contribution in [0, 0.1) is 11.8 Å². The molecule has 3 heteroatoms. The minimum Gasteiger partial charge on any atom is -0.342 e. The molecule has 1 aliphatic heterocycles. The van der Waals surface area contributed by atoms with Gasteiger partial charge in [0.25, 0.3) is 0 Å². The Morgan fingerprint density at radius 1 is 1.33 bits per heavy atom. The molecule has 2 fully saturated rings. The molecule has 2 aliphatic rings. The third kappa shape index (κ3) is 2.51. The quantitative estimate of drug-likeness (QED) is 0.762. The summed E-state index contributed by atoms with van der Waals surface area (Å²) < 4.78 is 0.